The Kier molecular flexibility index (Phi) is 3.35. The summed E-state index contributed by atoms with van der Waals surface area (Å²) in [5.74, 6) is -0.349. The number of carbonyl (C=O) groups excluding carboxylic acids is 1. The molecule has 0 fully saturated rings. The van der Waals surface area contributed by atoms with Crippen LogP contribution in [0.5, 0.6) is 0 Å². The van der Waals surface area contributed by atoms with Gasteiger partial charge in [-0.3, -0.25) is 9.59 Å². The number of aromatic nitrogens is 2. The number of hydrogen-bond donors (Lipinski definition) is 3. The molecule has 1 unspecified atom stereocenters. The normalized spacial score (nSPS) is 12.1. The van der Waals surface area contributed by atoms with Gasteiger partial charge in [0.25, 0.3) is 11.5 Å². The van der Waals surface area contributed by atoms with Gasteiger partial charge in [0.05, 0.1) is 6.20 Å². The first-order valence-electron chi connectivity index (χ1n) is 4.18. The van der Waals surface area contributed by atoms with Crippen LogP contribution in [-0.4, -0.2) is 28.5 Å². The fraction of sp³-hybridized carbons (Fsp3) is 0.375. The van der Waals surface area contributed by atoms with Crippen molar-refractivity contribution in [1.82, 2.24) is 15.3 Å². The van der Waals surface area contributed by atoms with E-state index in [0.717, 1.165) is 6.20 Å². The van der Waals surface area contributed by atoms with E-state index in [1.165, 1.54) is 6.20 Å². The van der Waals surface area contributed by atoms with Gasteiger partial charge in [-0.15, -0.1) is 0 Å². The van der Waals surface area contributed by atoms with Crippen LogP contribution in [0.2, 0.25) is 0 Å². The second kappa shape index (κ2) is 4.52. The molecule has 0 bridgehead atoms. The molecule has 6 heteroatoms. The third kappa shape index (κ3) is 2.98. The molecule has 1 atom stereocenters. The Labute approximate surface area is 80.5 Å². The Hall–Kier alpha value is -1.69. The van der Waals surface area contributed by atoms with E-state index < -0.39 is 0 Å². The monoisotopic (exact) mass is 196 g/mol. The third-order valence-electron chi connectivity index (χ3n) is 1.49. The molecule has 0 spiro atoms. The highest BCUT2D eigenvalue weighted by molar-refractivity contribution is 5.91. The lowest BCUT2D eigenvalue weighted by atomic mass is 10.3. The topological polar surface area (TPSA) is 101 Å². The summed E-state index contributed by atoms with van der Waals surface area (Å²) in [5, 5.41) is 2.57. The van der Waals surface area contributed by atoms with E-state index in [4.69, 9.17) is 5.73 Å². The fourth-order valence-electron chi connectivity index (χ4n) is 0.811. The first-order chi connectivity index (χ1) is 6.59. The molecular formula is C8H12N4O2. The van der Waals surface area contributed by atoms with Crippen molar-refractivity contribution < 1.29 is 4.79 Å². The van der Waals surface area contributed by atoms with Gasteiger partial charge < -0.3 is 16.0 Å². The molecule has 0 saturated carbocycles. The highest BCUT2D eigenvalue weighted by Crippen LogP contribution is 1.87. The van der Waals surface area contributed by atoms with Crippen LogP contribution in [-0.2, 0) is 0 Å². The van der Waals surface area contributed by atoms with E-state index >= 15 is 0 Å². The van der Waals surface area contributed by atoms with Gasteiger partial charge in [0.1, 0.15) is 5.69 Å². The molecule has 0 aliphatic carbocycles. The summed E-state index contributed by atoms with van der Waals surface area (Å²) >= 11 is 0. The number of H-pyrrole nitrogens is 1. The first-order valence-corrected chi connectivity index (χ1v) is 4.18. The van der Waals surface area contributed by atoms with Crippen LogP contribution in [0, 0.1) is 0 Å². The van der Waals surface area contributed by atoms with Crippen molar-refractivity contribution in [1.29, 1.82) is 0 Å². The second-order valence-electron chi connectivity index (χ2n) is 2.98. The maximum atomic E-state index is 11.3. The Morgan fingerprint density at radius 1 is 1.79 bits per heavy atom. The summed E-state index contributed by atoms with van der Waals surface area (Å²) < 4.78 is 0. The number of hydrogen-bond acceptors (Lipinski definition) is 4. The van der Waals surface area contributed by atoms with Gasteiger partial charge in [-0.1, -0.05) is 0 Å². The molecule has 4 N–H and O–H groups in total. The highest BCUT2D eigenvalue weighted by Gasteiger charge is 2.06. The molecular weight excluding hydrogens is 184 g/mol. The lowest BCUT2D eigenvalue weighted by Crippen LogP contribution is -2.35. The Bertz CT molecular complexity index is 351. The molecule has 0 aliphatic heterocycles. The standard InChI is InChI=1S/C8H12N4O2/c1-5(9)2-12-8(14)6-3-11-7(13)4-10-6/h3-5H,2,9H2,1H3,(H,11,13)(H,12,14). The van der Waals surface area contributed by atoms with Crippen molar-refractivity contribution in [3.63, 3.8) is 0 Å². The molecule has 1 amide bonds. The van der Waals surface area contributed by atoms with Crippen molar-refractivity contribution in [2.75, 3.05) is 6.54 Å². The van der Waals surface area contributed by atoms with Gasteiger partial charge in [-0.25, -0.2) is 4.98 Å². The lowest BCUT2D eigenvalue weighted by Gasteiger charge is -2.06. The minimum absolute atomic E-state index is 0.110. The van der Waals surface area contributed by atoms with Gasteiger partial charge in [0.2, 0.25) is 0 Å². The van der Waals surface area contributed by atoms with E-state index in [-0.39, 0.29) is 23.2 Å². The number of aromatic amines is 1. The molecule has 1 heterocycles. The molecule has 6 nitrogen and oxygen atoms in total. The van der Waals surface area contributed by atoms with Crippen molar-refractivity contribution >= 4 is 5.91 Å². The zero-order valence-electron chi connectivity index (χ0n) is 7.78. The fourth-order valence-corrected chi connectivity index (χ4v) is 0.811. The lowest BCUT2D eigenvalue weighted by molar-refractivity contribution is 0.0946. The summed E-state index contributed by atoms with van der Waals surface area (Å²) in [4.78, 5) is 28.0. The quantitative estimate of drug-likeness (QED) is 0.568. The van der Waals surface area contributed by atoms with Crippen LogP contribution in [0.15, 0.2) is 17.2 Å². The summed E-state index contributed by atoms with van der Waals surface area (Å²) in [6, 6.07) is -0.110. The van der Waals surface area contributed by atoms with Crippen molar-refractivity contribution in [3.05, 3.63) is 28.4 Å². The summed E-state index contributed by atoms with van der Waals surface area (Å²) in [6.07, 6.45) is 2.32. The van der Waals surface area contributed by atoms with E-state index in [0.29, 0.717) is 6.54 Å². The Morgan fingerprint density at radius 2 is 2.50 bits per heavy atom. The van der Waals surface area contributed by atoms with Crippen LogP contribution < -0.4 is 16.6 Å². The molecule has 1 aromatic rings. The number of amides is 1. The summed E-state index contributed by atoms with van der Waals surface area (Å²) in [6.45, 7) is 2.15. The largest absolute Gasteiger partial charge is 0.349 e. The van der Waals surface area contributed by atoms with Gasteiger partial charge in [-0.05, 0) is 6.92 Å². The van der Waals surface area contributed by atoms with Crippen LogP contribution in [0.25, 0.3) is 0 Å². The Balaban J connectivity index is 2.61. The maximum Gasteiger partial charge on any atom is 0.271 e. The first kappa shape index (κ1) is 10.4. The minimum atomic E-state index is -0.349. The predicted octanol–water partition coefficient (Wildman–Crippen LogP) is -1.15. The molecule has 0 saturated heterocycles. The van der Waals surface area contributed by atoms with Gasteiger partial charge in [-0.2, -0.15) is 0 Å². The summed E-state index contributed by atoms with van der Waals surface area (Å²) in [5.41, 5.74) is 5.28. The van der Waals surface area contributed by atoms with E-state index in [1.54, 1.807) is 6.92 Å². The number of rotatable bonds is 3. The van der Waals surface area contributed by atoms with Crippen LogP contribution >= 0.6 is 0 Å². The van der Waals surface area contributed by atoms with Gasteiger partial charge in [0, 0.05) is 18.8 Å². The average molecular weight is 196 g/mol. The number of nitrogens with zero attached hydrogens (tertiary/aromatic N) is 1. The van der Waals surface area contributed by atoms with E-state index in [9.17, 15) is 9.59 Å². The SMILES string of the molecule is CC(N)CNC(=O)c1c[nH]c(=O)cn1. The molecule has 0 aromatic carbocycles. The highest BCUT2D eigenvalue weighted by atomic mass is 16.2. The average Bonchev–Trinajstić information content (AvgIpc) is 2.15. The predicted molar refractivity (Wildman–Crippen MR) is 50.8 cm³/mol. The minimum Gasteiger partial charge on any atom is -0.349 e. The van der Waals surface area contributed by atoms with E-state index in [2.05, 4.69) is 15.3 Å². The van der Waals surface area contributed by atoms with Crippen molar-refractivity contribution in [2.45, 2.75) is 13.0 Å². The summed E-state index contributed by atoms with van der Waals surface area (Å²) in [7, 11) is 0. The smallest absolute Gasteiger partial charge is 0.271 e. The number of carbonyl (C=O) groups is 1. The van der Waals surface area contributed by atoms with Crippen molar-refractivity contribution in [2.24, 2.45) is 5.73 Å². The number of nitrogens with two attached hydrogens (primary N) is 1. The van der Waals surface area contributed by atoms with Crippen molar-refractivity contribution in [3.8, 4) is 0 Å². The third-order valence-corrected chi connectivity index (χ3v) is 1.49. The van der Waals surface area contributed by atoms with Gasteiger partial charge in [0.15, 0.2) is 0 Å². The van der Waals surface area contributed by atoms with E-state index in [1.807, 2.05) is 0 Å². The maximum absolute atomic E-state index is 11.3. The molecule has 0 aliphatic rings. The molecule has 1 rings (SSSR count). The zero-order valence-corrected chi connectivity index (χ0v) is 7.78. The van der Waals surface area contributed by atoms with Gasteiger partial charge >= 0.3 is 0 Å². The van der Waals surface area contributed by atoms with Crippen LogP contribution in [0.4, 0.5) is 0 Å². The zero-order chi connectivity index (χ0) is 10.6. The molecule has 1 aromatic heterocycles. The molecule has 76 valence electrons. The van der Waals surface area contributed by atoms with Crippen LogP contribution in [0.1, 0.15) is 17.4 Å². The Morgan fingerprint density at radius 3 is 3.00 bits per heavy atom. The number of nitrogens with one attached hydrogen (secondary N) is 2. The molecule has 14 heavy (non-hydrogen) atoms. The molecule has 0 radical (unpaired) electrons. The second-order valence-corrected chi connectivity index (χ2v) is 2.98. The van der Waals surface area contributed by atoms with Crippen LogP contribution in [0.3, 0.4) is 0 Å².